The fourth-order valence-electron chi connectivity index (χ4n) is 1.13. The number of hydrogen-bond acceptors (Lipinski definition) is 5. The monoisotopic (exact) mass is 337 g/mol. The van der Waals surface area contributed by atoms with Crippen LogP contribution in [-0.4, -0.2) is 34.7 Å². The standard InChI is InChI=1S/C10H12BrNO5S/c1-16-4-5-17-10(13)8-6-7(18(12,14)15)2-3-9(8)11/h2-3,6H,4-5H2,1H3,(H2,12,14,15). The molecule has 0 radical (unpaired) electrons. The maximum Gasteiger partial charge on any atom is 0.339 e. The van der Waals surface area contributed by atoms with Crippen molar-refractivity contribution in [2.24, 2.45) is 5.14 Å². The van der Waals surface area contributed by atoms with E-state index >= 15 is 0 Å². The zero-order chi connectivity index (χ0) is 13.8. The summed E-state index contributed by atoms with van der Waals surface area (Å²) in [5.74, 6) is -0.649. The summed E-state index contributed by atoms with van der Waals surface area (Å²) in [6, 6.07) is 3.88. The quantitative estimate of drug-likeness (QED) is 0.636. The van der Waals surface area contributed by atoms with Crippen LogP contribution in [0.3, 0.4) is 0 Å². The van der Waals surface area contributed by atoms with E-state index in [0.29, 0.717) is 4.47 Å². The first-order chi connectivity index (χ1) is 8.36. The lowest BCUT2D eigenvalue weighted by atomic mass is 10.2. The zero-order valence-electron chi connectivity index (χ0n) is 9.55. The summed E-state index contributed by atoms with van der Waals surface area (Å²) >= 11 is 3.14. The van der Waals surface area contributed by atoms with E-state index in [1.54, 1.807) is 0 Å². The molecule has 1 rings (SSSR count). The minimum absolute atomic E-state index is 0.0847. The molecule has 0 saturated carbocycles. The Kier molecular flexibility index (Phi) is 5.27. The second-order valence-electron chi connectivity index (χ2n) is 3.32. The number of hydrogen-bond donors (Lipinski definition) is 1. The molecule has 0 amide bonds. The molecule has 8 heteroatoms. The maximum atomic E-state index is 11.7. The van der Waals surface area contributed by atoms with Gasteiger partial charge in [0.2, 0.25) is 10.0 Å². The summed E-state index contributed by atoms with van der Waals surface area (Å²) in [5.41, 5.74) is 0.0950. The zero-order valence-corrected chi connectivity index (χ0v) is 12.0. The van der Waals surface area contributed by atoms with Crippen LogP contribution in [-0.2, 0) is 19.5 Å². The Morgan fingerprint density at radius 3 is 2.61 bits per heavy atom. The van der Waals surface area contributed by atoms with Gasteiger partial charge >= 0.3 is 5.97 Å². The van der Waals surface area contributed by atoms with Crippen LogP contribution in [0.5, 0.6) is 0 Å². The lowest BCUT2D eigenvalue weighted by molar-refractivity contribution is 0.0387. The third-order valence-electron chi connectivity index (χ3n) is 2.01. The molecule has 0 aliphatic carbocycles. The predicted molar refractivity (Wildman–Crippen MR) is 67.7 cm³/mol. The number of methoxy groups -OCH3 is 1. The average Bonchev–Trinajstić information content (AvgIpc) is 2.28. The van der Waals surface area contributed by atoms with Gasteiger partial charge in [-0.25, -0.2) is 18.4 Å². The van der Waals surface area contributed by atoms with E-state index in [2.05, 4.69) is 15.9 Å². The van der Waals surface area contributed by atoms with Crippen molar-refractivity contribution < 1.29 is 22.7 Å². The van der Waals surface area contributed by atoms with Crippen LogP contribution in [0.15, 0.2) is 27.6 Å². The molecule has 0 heterocycles. The molecule has 0 aliphatic rings. The van der Waals surface area contributed by atoms with Crippen molar-refractivity contribution in [3.63, 3.8) is 0 Å². The summed E-state index contributed by atoms with van der Waals surface area (Å²) < 4.78 is 32.4. The molecule has 1 aromatic rings. The minimum atomic E-state index is -3.85. The highest BCUT2D eigenvalue weighted by atomic mass is 79.9. The van der Waals surface area contributed by atoms with Crippen molar-refractivity contribution in [1.82, 2.24) is 0 Å². The summed E-state index contributed by atoms with van der Waals surface area (Å²) in [6.07, 6.45) is 0. The number of carbonyl (C=O) groups excluding carboxylic acids is 1. The Labute approximate surface area is 113 Å². The van der Waals surface area contributed by atoms with Crippen molar-refractivity contribution >= 4 is 31.9 Å². The number of benzene rings is 1. The maximum absolute atomic E-state index is 11.7. The highest BCUT2D eigenvalue weighted by molar-refractivity contribution is 9.10. The van der Waals surface area contributed by atoms with E-state index < -0.39 is 16.0 Å². The lowest BCUT2D eigenvalue weighted by Gasteiger charge is -2.07. The lowest BCUT2D eigenvalue weighted by Crippen LogP contribution is -2.15. The third-order valence-corrected chi connectivity index (χ3v) is 3.61. The summed E-state index contributed by atoms with van der Waals surface area (Å²) in [7, 11) is -2.38. The number of halogens is 1. The molecule has 0 saturated heterocycles. The number of nitrogens with two attached hydrogens (primary N) is 1. The number of rotatable bonds is 5. The van der Waals surface area contributed by atoms with Gasteiger partial charge in [-0.2, -0.15) is 0 Å². The highest BCUT2D eigenvalue weighted by Gasteiger charge is 2.16. The first-order valence-electron chi connectivity index (χ1n) is 4.84. The number of primary sulfonamides is 1. The predicted octanol–water partition coefficient (Wildman–Crippen LogP) is 0.900. The Bertz CT molecular complexity index is 543. The Balaban J connectivity index is 2.97. The number of carbonyl (C=O) groups is 1. The van der Waals surface area contributed by atoms with Crippen LogP contribution in [0.4, 0.5) is 0 Å². The molecule has 0 unspecified atom stereocenters. The molecule has 0 aromatic heterocycles. The Morgan fingerprint density at radius 2 is 2.06 bits per heavy atom. The van der Waals surface area contributed by atoms with E-state index in [-0.39, 0.29) is 23.7 Å². The van der Waals surface area contributed by atoms with Gasteiger partial charge in [-0.15, -0.1) is 0 Å². The normalized spacial score (nSPS) is 11.3. The average molecular weight is 338 g/mol. The van der Waals surface area contributed by atoms with Gasteiger partial charge in [-0.1, -0.05) is 0 Å². The molecule has 0 aliphatic heterocycles. The summed E-state index contributed by atoms with van der Waals surface area (Å²) in [5, 5.41) is 4.98. The molecule has 18 heavy (non-hydrogen) atoms. The van der Waals surface area contributed by atoms with Gasteiger partial charge in [0, 0.05) is 11.6 Å². The van der Waals surface area contributed by atoms with Gasteiger partial charge in [-0.3, -0.25) is 0 Å². The van der Waals surface area contributed by atoms with Gasteiger partial charge in [0.05, 0.1) is 17.1 Å². The Morgan fingerprint density at radius 1 is 1.39 bits per heavy atom. The first-order valence-corrected chi connectivity index (χ1v) is 7.18. The molecule has 0 atom stereocenters. The minimum Gasteiger partial charge on any atom is -0.460 e. The second-order valence-corrected chi connectivity index (χ2v) is 5.73. The van der Waals surface area contributed by atoms with Crippen LogP contribution in [0.2, 0.25) is 0 Å². The molecule has 0 bridgehead atoms. The van der Waals surface area contributed by atoms with Crippen LogP contribution in [0, 0.1) is 0 Å². The van der Waals surface area contributed by atoms with Gasteiger partial charge < -0.3 is 9.47 Å². The van der Waals surface area contributed by atoms with Gasteiger partial charge in [0.25, 0.3) is 0 Å². The molecule has 100 valence electrons. The molecule has 1 aromatic carbocycles. The van der Waals surface area contributed by atoms with Crippen molar-refractivity contribution in [2.45, 2.75) is 4.90 Å². The van der Waals surface area contributed by atoms with Crippen molar-refractivity contribution in [3.05, 3.63) is 28.2 Å². The highest BCUT2D eigenvalue weighted by Crippen LogP contribution is 2.21. The summed E-state index contributed by atoms with van der Waals surface area (Å²) in [4.78, 5) is 11.5. The van der Waals surface area contributed by atoms with Gasteiger partial charge in [0.1, 0.15) is 6.61 Å². The van der Waals surface area contributed by atoms with E-state index in [4.69, 9.17) is 14.6 Å². The number of sulfonamides is 1. The first kappa shape index (κ1) is 15.1. The molecule has 2 N–H and O–H groups in total. The third kappa shape index (κ3) is 4.05. The fraction of sp³-hybridized carbons (Fsp3) is 0.300. The molecule has 6 nitrogen and oxygen atoms in total. The smallest absolute Gasteiger partial charge is 0.339 e. The molecular weight excluding hydrogens is 326 g/mol. The van der Waals surface area contributed by atoms with Crippen LogP contribution >= 0.6 is 15.9 Å². The van der Waals surface area contributed by atoms with Crippen LogP contribution in [0.1, 0.15) is 10.4 Å². The molecular formula is C10H12BrNO5S. The van der Waals surface area contributed by atoms with E-state index in [0.717, 1.165) is 6.07 Å². The van der Waals surface area contributed by atoms with Crippen molar-refractivity contribution in [3.8, 4) is 0 Å². The van der Waals surface area contributed by atoms with Crippen molar-refractivity contribution in [1.29, 1.82) is 0 Å². The van der Waals surface area contributed by atoms with Gasteiger partial charge in [0.15, 0.2) is 0 Å². The van der Waals surface area contributed by atoms with E-state index in [1.165, 1.54) is 19.2 Å². The van der Waals surface area contributed by atoms with Crippen LogP contribution in [0.25, 0.3) is 0 Å². The fourth-order valence-corrected chi connectivity index (χ4v) is 2.08. The van der Waals surface area contributed by atoms with Crippen LogP contribution < -0.4 is 5.14 Å². The topological polar surface area (TPSA) is 95.7 Å². The molecule has 0 spiro atoms. The SMILES string of the molecule is COCCOC(=O)c1cc(S(N)(=O)=O)ccc1Br. The van der Waals surface area contributed by atoms with E-state index in [9.17, 15) is 13.2 Å². The Hall–Kier alpha value is -0.960. The summed E-state index contributed by atoms with van der Waals surface area (Å²) in [6.45, 7) is 0.347. The number of ether oxygens (including phenoxy) is 2. The van der Waals surface area contributed by atoms with Crippen molar-refractivity contribution in [2.75, 3.05) is 20.3 Å². The van der Waals surface area contributed by atoms with Gasteiger partial charge in [-0.05, 0) is 34.1 Å². The second kappa shape index (κ2) is 6.28. The van der Waals surface area contributed by atoms with E-state index in [1.807, 2.05) is 0 Å². The largest absolute Gasteiger partial charge is 0.460 e. The molecule has 0 fully saturated rings. The number of esters is 1.